The third-order valence-corrected chi connectivity index (χ3v) is 3.20. The molecule has 2 N–H and O–H groups in total. The minimum atomic E-state index is 0.267. The fourth-order valence-corrected chi connectivity index (χ4v) is 1.89. The maximum absolute atomic E-state index is 5.76. The van der Waals surface area contributed by atoms with E-state index in [1.165, 1.54) is 5.56 Å². The molecule has 0 aliphatic carbocycles. The minimum absolute atomic E-state index is 0.267. The molecule has 1 aromatic rings. The number of hydrogen-bond donors (Lipinski definition) is 1. The van der Waals surface area contributed by atoms with Crippen LogP contribution in [0.5, 0.6) is 11.5 Å². The lowest BCUT2D eigenvalue weighted by atomic mass is 10.1. The lowest BCUT2D eigenvalue weighted by molar-refractivity contribution is 0.324. The van der Waals surface area contributed by atoms with Crippen molar-refractivity contribution < 1.29 is 9.47 Å². The van der Waals surface area contributed by atoms with E-state index in [-0.39, 0.29) is 6.04 Å². The van der Waals surface area contributed by atoms with Gasteiger partial charge in [-0.1, -0.05) is 6.07 Å². The maximum atomic E-state index is 5.76. The number of ether oxygens (including phenoxy) is 2. The molecular weight excluding hydrogens is 240 g/mol. The highest BCUT2D eigenvalue weighted by Crippen LogP contribution is 2.27. The van der Waals surface area contributed by atoms with Gasteiger partial charge in [-0.2, -0.15) is 0 Å². The fraction of sp³-hybridized carbons (Fsp3) is 0.600. The summed E-state index contributed by atoms with van der Waals surface area (Å²) in [5.74, 6) is 1.56. The smallest absolute Gasteiger partial charge is 0.160 e. The molecule has 19 heavy (non-hydrogen) atoms. The summed E-state index contributed by atoms with van der Waals surface area (Å²) in [6, 6.07) is 6.35. The van der Waals surface area contributed by atoms with Crippen LogP contribution < -0.4 is 15.2 Å². The molecule has 0 heterocycles. The Kier molecular flexibility index (Phi) is 6.67. The molecule has 0 aromatic heterocycles. The predicted molar refractivity (Wildman–Crippen MR) is 79.0 cm³/mol. The quantitative estimate of drug-likeness (QED) is 0.781. The molecule has 1 aromatic carbocycles. The van der Waals surface area contributed by atoms with Crippen LogP contribution in [0.3, 0.4) is 0 Å². The van der Waals surface area contributed by atoms with E-state index in [1.807, 2.05) is 19.1 Å². The third-order valence-electron chi connectivity index (χ3n) is 3.20. The summed E-state index contributed by atoms with van der Waals surface area (Å²) in [5, 5.41) is 0. The average molecular weight is 266 g/mol. The van der Waals surface area contributed by atoms with Gasteiger partial charge >= 0.3 is 0 Å². The first-order valence-corrected chi connectivity index (χ1v) is 6.71. The van der Waals surface area contributed by atoms with Crippen molar-refractivity contribution in [2.75, 3.05) is 34.4 Å². The molecule has 108 valence electrons. The molecule has 1 rings (SSSR count). The summed E-state index contributed by atoms with van der Waals surface area (Å²) >= 11 is 0. The van der Waals surface area contributed by atoms with Crippen molar-refractivity contribution in [3.8, 4) is 11.5 Å². The zero-order chi connectivity index (χ0) is 14.3. The monoisotopic (exact) mass is 266 g/mol. The second kappa shape index (κ2) is 8.02. The topological polar surface area (TPSA) is 47.7 Å². The maximum Gasteiger partial charge on any atom is 0.160 e. The molecule has 0 spiro atoms. The normalized spacial score (nSPS) is 12.5. The van der Waals surface area contributed by atoms with Crippen LogP contribution in [0, 0.1) is 0 Å². The van der Waals surface area contributed by atoms with Crippen molar-refractivity contribution in [1.29, 1.82) is 0 Å². The van der Waals surface area contributed by atoms with Crippen molar-refractivity contribution in [2.24, 2.45) is 5.73 Å². The Morgan fingerprint density at radius 3 is 2.42 bits per heavy atom. The Hall–Kier alpha value is -1.26. The van der Waals surface area contributed by atoms with E-state index in [0.29, 0.717) is 0 Å². The molecule has 0 aliphatic heterocycles. The van der Waals surface area contributed by atoms with Crippen LogP contribution in [0.15, 0.2) is 18.2 Å². The van der Waals surface area contributed by atoms with Gasteiger partial charge < -0.3 is 20.1 Å². The Morgan fingerprint density at radius 1 is 1.16 bits per heavy atom. The summed E-state index contributed by atoms with van der Waals surface area (Å²) in [5.41, 5.74) is 7.02. The molecule has 0 amide bonds. The molecule has 4 heteroatoms. The van der Waals surface area contributed by atoms with Crippen molar-refractivity contribution >= 4 is 0 Å². The van der Waals surface area contributed by atoms with Crippen LogP contribution in [0.2, 0.25) is 0 Å². The van der Waals surface area contributed by atoms with Gasteiger partial charge in [0.1, 0.15) is 0 Å². The summed E-state index contributed by atoms with van der Waals surface area (Å²) in [4.78, 5) is 2.31. The van der Waals surface area contributed by atoms with Crippen LogP contribution in [-0.2, 0) is 6.42 Å². The SMILES string of the molecule is COc1ccc(CCN(C)CCC(C)N)cc1OC. The number of nitrogens with zero attached hydrogens (tertiary/aromatic N) is 1. The number of rotatable bonds is 8. The molecule has 0 radical (unpaired) electrons. The van der Waals surface area contributed by atoms with E-state index in [4.69, 9.17) is 15.2 Å². The van der Waals surface area contributed by atoms with Crippen LogP contribution in [-0.4, -0.2) is 45.3 Å². The van der Waals surface area contributed by atoms with Gasteiger partial charge in [-0.25, -0.2) is 0 Å². The standard InChI is InChI=1S/C15H26N2O2/c1-12(16)7-9-17(2)10-8-13-5-6-14(18-3)15(11-13)19-4/h5-6,11-12H,7-10,16H2,1-4H3. The summed E-state index contributed by atoms with van der Waals surface area (Å²) < 4.78 is 10.5. The number of hydrogen-bond acceptors (Lipinski definition) is 4. The molecule has 0 aliphatic rings. The second-order valence-electron chi connectivity index (χ2n) is 5.01. The molecule has 0 saturated carbocycles. The molecular formula is C15H26N2O2. The lowest BCUT2D eigenvalue weighted by Gasteiger charge is -2.18. The van der Waals surface area contributed by atoms with Gasteiger partial charge in [0.15, 0.2) is 11.5 Å². The number of likely N-dealkylation sites (N-methyl/N-ethyl adjacent to an activating group) is 1. The van der Waals surface area contributed by atoms with E-state index in [0.717, 1.165) is 37.4 Å². The molecule has 1 unspecified atom stereocenters. The van der Waals surface area contributed by atoms with Gasteiger partial charge in [0.25, 0.3) is 0 Å². The first kappa shape index (κ1) is 15.8. The van der Waals surface area contributed by atoms with E-state index in [9.17, 15) is 0 Å². The lowest BCUT2D eigenvalue weighted by Crippen LogP contribution is -2.27. The van der Waals surface area contributed by atoms with Crippen LogP contribution in [0.4, 0.5) is 0 Å². The number of benzene rings is 1. The molecule has 0 fully saturated rings. The highest BCUT2D eigenvalue weighted by Gasteiger charge is 2.06. The Bertz CT molecular complexity index is 380. The first-order chi connectivity index (χ1) is 9.06. The van der Waals surface area contributed by atoms with E-state index in [2.05, 4.69) is 18.0 Å². The molecule has 1 atom stereocenters. The average Bonchev–Trinajstić information content (AvgIpc) is 2.42. The second-order valence-corrected chi connectivity index (χ2v) is 5.01. The zero-order valence-corrected chi connectivity index (χ0v) is 12.5. The number of nitrogens with two attached hydrogens (primary N) is 1. The van der Waals surface area contributed by atoms with Crippen molar-refractivity contribution in [2.45, 2.75) is 25.8 Å². The highest BCUT2D eigenvalue weighted by atomic mass is 16.5. The van der Waals surface area contributed by atoms with Crippen molar-refractivity contribution in [1.82, 2.24) is 4.90 Å². The Morgan fingerprint density at radius 2 is 1.84 bits per heavy atom. The summed E-state index contributed by atoms with van der Waals surface area (Å²) in [6.45, 7) is 4.09. The largest absolute Gasteiger partial charge is 0.493 e. The molecule has 0 bridgehead atoms. The first-order valence-electron chi connectivity index (χ1n) is 6.71. The third kappa shape index (κ3) is 5.49. The van der Waals surface area contributed by atoms with Crippen molar-refractivity contribution in [3.63, 3.8) is 0 Å². The van der Waals surface area contributed by atoms with Crippen LogP contribution >= 0.6 is 0 Å². The van der Waals surface area contributed by atoms with Gasteiger partial charge in [0.05, 0.1) is 14.2 Å². The van der Waals surface area contributed by atoms with Crippen LogP contribution in [0.1, 0.15) is 18.9 Å². The Balaban J connectivity index is 2.49. The van der Waals surface area contributed by atoms with Crippen LogP contribution in [0.25, 0.3) is 0 Å². The summed E-state index contributed by atoms with van der Waals surface area (Å²) in [6.07, 6.45) is 2.03. The Labute approximate surface area is 116 Å². The molecule has 4 nitrogen and oxygen atoms in total. The highest BCUT2D eigenvalue weighted by molar-refractivity contribution is 5.42. The van der Waals surface area contributed by atoms with Gasteiger partial charge in [-0.3, -0.25) is 0 Å². The predicted octanol–water partition coefficient (Wildman–Crippen LogP) is 1.92. The van der Waals surface area contributed by atoms with Gasteiger partial charge in [0, 0.05) is 12.6 Å². The fourth-order valence-electron chi connectivity index (χ4n) is 1.89. The van der Waals surface area contributed by atoms with E-state index in [1.54, 1.807) is 14.2 Å². The van der Waals surface area contributed by atoms with E-state index >= 15 is 0 Å². The van der Waals surface area contributed by atoms with Gasteiger partial charge in [0.2, 0.25) is 0 Å². The van der Waals surface area contributed by atoms with Gasteiger partial charge in [-0.15, -0.1) is 0 Å². The minimum Gasteiger partial charge on any atom is -0.493 e. The number of methoxy groups -OCH3 is 2. The van der Waals surface area contributed by atoms with Gasteiger partial charge in [-0.05, 0) is 51.1 Å². The molecule has 0 saturated heterocycles. The summed E-state index contributed by atoms with van der Waals surface area (Å²) in [7, 11) is 5.44. The zero-order valence-electron chi connectivity index (χ0n) is 12.5. The van der Waals surface area contributed by atoms with E-state index < -0.39 is 0 Å². The van der Waals surface area contributed by atoms with Crippen molar-refractivity contribution in [3.05, 3.63) is 23.8 Å².